The van der Waals surface area contributed by atoms with Crippen LogP contribution in [0.1, 0.15) is 26.3 Å². The summed E-state index contributed by atoms with van der Waals surface area (Å²) in [6.07, 6.45) is 0. The van der Waals surface area contributed by atoms with E-state index in [-0.39, 0.29) is 23.6 Å². The predicted molar refractivity (Wildman–Crippen MR) is 126 cm³/mol. The lowest BCUT2D eigenvalue weighted by Gasteiger charge is -2.34. The second-order valence-electron chi connectivity index (χ2n) is 7.62. The zero-order valence-electron chi connectivity index (χ0n) is 18.4. The maximum atomic E-state index is 12.6. The van der Waals surface area contributed by atoms with Gasteiger partial charge in [-0.05, 0) is 35.9 Å². The van der Waals surface area contributed by atoms with Crippen molar-refractivity contribution in [3.05, 3.63) is 63.1 Å². The molecule has 1 amide bonds. The van der Waals surface area contributed by atoms with Crippen LogP contribution in [-0.4, -0.2) is 74.6 Å². The van der Waals surface area contributed by atoms with Gasteiger partial charge in [0.1, 0.15) is 0 Å². The van der Waals surface area contributed by atoms with Gasteiger partial charge in [0.15, 0.2) is 0 Å². The molecule has 2 aromatic carbocycles. The average Bonchev–Trinajstić information content (AvgIpc) is 2.80. The Bertz CT molecular complexity index is 1000. The number of ether oxygens (including phenoxy) is 2. The fourth-order valence-electron chi connectivity index (χ4n) is 3.57. The van der Waals surface area contributed by atoms with Crippen molar-refractivity contribution in [2.75, 3.05) is 52.3 Å². The quantitative estimate of drug-likeness (QED) is 0.591. The number of piperazine rings is 1. The highest BCUT2D eigenvalue weighted by molar-refractivity contribution is 6.35. The Morgan fingerprint density at radius 3 is 2.00 bits per heavy atom. The molecule has 1 aliphatic heterocycles. The zero-order chi connectivity index (χ0) is 24.0. The maximum absolute atomic E-state index is 12.6. The molecule has 1 aliphatic rings. The number of methoxy groups -OCH3 is 2. The first-order chi connectivity index (χ1) is 15.8. The molecule has 0 spiro atoms. The van der Waals surface area contributed by atoms with Crippen LogP contribution >= 0.6 is 23.2 Å². The van der Waals surface area contributed by atoms with Crippen LogP contribution in [0.5, 0.6) is 0 Å². The van der Waals surface area contributed by atoms with Gasteiger partial charge < -0.3 is 14.8 Å². The Hall–Kier alpha value is -2.65. The number of esters is 2. The minimum atomic E-state index is -0.617. The largest absolute Gasteiger partial charge is 0.465 e. The monoisotopic (exact) mass is 493 g/mol. The molecular weight excluding hydrogens is 469 g/mol. The molecule has 10 heteroatoms. The molecule has 1 heterocycles. The number of halogens is 2. The molecule has 33 heavy (non-hydrogen) atoms. The number of nitrogens with zero attached hydrogens (tertiary/aromatic N) is 2. The van der Waals surface area contributed by atoms with E-state index < -0.39 is 11.9 Å². The van der Waals surface area contributed by atoms with Crippen LogP contribution < -0.4 is 5.32 Å². The van der Waals surface area contributed by atoms with E-state index in [0.29, 0.717) is 35.4 Å². The third-order valence-corrected chi connectivity index (χ3v) is 5.89. The second kappa shape index (κ2) is 11.5. The van der Waals surface area contributed by atoms with Gasteiger partial charge in [0.25, 0.3) is 0 Å². The van der Waals surface area contributed by atoms with Gasteiger partial charge in [-0.2, -0.15) is 0 Å². The van der Waals surface area contributed by atoms with Gasteiger partial charge in [0, 0.05) is 48.5 Å². The Labute approximate surface area is 202 Å². The lowest BCUT2D eigenvalue weighted by molar-refractivity contribution is -0.117. The fraction of sp³-hybridized carbons (Fsp3) is 0.348. The van der Waals surface area contributed by atoms with E-state index in [2.05, 4.69) is 10.2 Å². The number of hydrogen-bond acceptors (Lipinski definition) is 7. The minimum absolute atomic E-state index is 0.144. The number of carbonyl (C=O) groups excluding carboxylic acids is 3. The third-order valence-electron chi connectivity index (χ3n) is 5.30. The average molecular weight is 494 g/mol. The number of anilines is 1. The van der Waals surface area contributed by atoms with Crippen LogP contribution in [0.15, 0.2) is 36.4 Å². The summed E-state index contributed by atoms with van der Waals surface area (Å²) in [6.45, 7) is 3.91. The molecule has 1 saturated heterocycles. The van der Waals surface area contributed by atoms with Crippen LogP contribution in [0.2, 0.25) is 10.0 Å². The van der Waals surface area contributed by atoms with Crippen molar-refractivity contribution in [2.24, 2.45) is 0 Å². The zero-order valence-corrected chi connectivity index (χ0v) is 19.9. The van der Waals surface area contributed by atoms with Gasteiger partial charge >= 0.3 is 11.9 Å². The van der Waals surface area contributed by atoms with Gasteiger partial charge in [-0.3, -0.25) is 14.6 Å². The van der Waals surface area contributed by atoms with Crippen molar-refractivity contribution >= 4 is 46.7 Å². The predicted octanol–water partition coefficient (Wildman–Crippen LogP) is 3.32. The highest BCUT2D eigenvalue weighted by Crippen LogP contribution is 2.23. The van der Waals surface area contributed by atoms with E-state index in [4.69, 9.17) is 32.7 Å². The van der Waals surface area contributed by atoms with Crippen LogP contribution in [0.3, 0.4) is 0 Å². The molecule has 0 radical (unpaired) electrons. The molecule has 0 atom stereocenters. The first kappa shape index (κ1) is 25.0. The molecule has 0 bridgehead atoms. The molecule has 0 aliphatic carbocycles. The number of rotatable bonds is 7. The normalized spacial score (nSPS) is 14.5. The molecule has 176 valence electrons. The molecular formula is C23H25Cl2N3O5. The number of carbonyl (C=O) groups is 3. The Balaban J connectivity index is 1.56. The fourth-order valence-corrected chi connectivity index (χ4v) is 4.04. The Morgan fingerprint density at radius 2 is 1.45 bits per heavy atom. The highest BCUT2D eigenvalue weighted by atomic mass is 35.5. The summed E-state index contributed by atoms with van der Waals surface area (Å²) in [5.41, 5.74) is 1.62. The van der Waals surface area contributed by atoms with Gasteiger partial charge in [-0.1, -0.05) is 29.3 Å². The number of amides is 1. The first-order valence-corrected chi connectivity index (χ1v) is 11.0. The van der Waals surface area contributed by atoms with Crippen molar-refractivity contribution < 1.29 is 23.9 Å². The minimum Gasteiger partial charge on any atom is -0.465 e. The summed E-state index contributed by atoms with van der Waals surface area (Å²) in [5, 5.41) is 4.00. The topological polar surface area (TPSA) is 88.2 Å². The van der Waals surface area contributed by atoms with Crippen LogP contribution in [0.25, 0.3) is 0 Å². The summed E-state index contributed by atoms with van der Waals surface area (Å²) >= 11 is 12.2. The molecule has 2 aromatic rings. The maximum Gasteiger partial charge on any atom is 0.337 e. The molecule has 1 fully saturated rings. The molecule has 0 unspecified atom stereocenters. The molecule has 0 saturated carbocycles. The summed E-state index contributed by atoms with van der Waals surface area (Å²) < 4.78 is 9.44. The summed E-state index contributed by atoms with van der Waals surface area (Å²) in [6, 6.07) is 9.77. The van der Waals surface area contributed by atoms with Gasteiger partial charge in [-0.15, -0.1) is 0 Å². The molecule has 1 N–H and O–H groups in total. The highest BCUT2D eigenvalue weighted by Gasteiger charge is 2.21. The van der Waals surface area contributed by atoms with Gasteiger partial charge in [-0.25, -0.2) is 9.59 Å². The van der Waals surface area contributed by atoms with Crippen molar-refractivity contribution in [3.8, 4) is 0 Å². The summed E-state index contributed by atoms with van der Waals surface area (Å²) in [4.78, 5) is 40.7. The number of hydrogen-bond donors (Lipinski definition) is 1. The van der Waals surface area contributed by atoms with Gasteiger partial charge in [0.2, 0.25) is 5.91 Å². The van der Waals surface area contributed by atoms with Crippen molar-refractivity contribution in [1.82, 2.24) is 9.80 Å². The second-order valence-corrected chi connectivity index (χ2v) is 8.46. The van der Waals surface area contributed by atoms with Gasteiger partial charge in [0.05, 0.1) is 31.9 Å². The molecule has 8 nitrogen and oxygen atoms in total. The van der Waals surface area contributed by atoms with Crippen LogP contribution in [0.4, 0.5) is 5.69 Å². The van der Waals surface area contributed by atoms with Crippen molar-refractivity contribution in [2.45, 2.75) is 6.54 Å². The van der Waals surface area contributed by atoms with E-state index in [1.54, 1.807) is 6.07 Å². The van der Waals surface area contributed by atoms with E-state index in [0.717, 1.165) is 18.7 Å². The summed E-state index contributed by atoms with van der Waals surface area (Å²) in [5.74, 6) is -1.48. The van der Waals surface area contributed by atoms with Crippen molar-refractivity contribution in [1.29, 1.82) is 0 Å². The number of benzene rings is 2. The van der Waals surface area contributed by atoms with E-state index in [1.807, 2.05) is 17.0 Å². The van der Waals surface area contributed by atoms with Crippen LogP contribution in [-0.2, 0) is 20.8 Å². The Morgan fingerprint density at radius 1 is 0.879 bits per heavy atom. The van der Waals surface area contributed by atoms with Crippen molar-refractivity contribution in [3.63, 3.8) is 0 Å². The lowest BCUT2D eigenvalue weighted by atomic mass is 10.1. The number of nitrogens with one attached hydrogen (secondary N) is 1. The first-order valence-electron chi connectivity index (χ1n) is 10.3. The van der Waals surface area contributed by atoms with Crippen LogP contribution in [0, 0.1) is 0 Å². The summed E-state index contributed by atoms with van der Waals surface area (Å²) in [7, 11) is 2.48. The smallest absolute Gasteiger partial charge is 0.337 e. The molecule has 0 aromatic heterocycles. The SMILES string of the molecule is COC(=O)c1cc(NC(=O)CN2CCN(Cc3ccc(Cl)cc3Cl)CC2)cc(C(=O)OC)c1. The molecule has 3 rings (SSSR count). The van der Waals surface area contributed by atoms with E-state index in [9.17, 15) is 14.4 Å². The van der Waals surface area contributed by atoms with E-state index in [1.165, 1.54) is 32.4 Å². The van der Waals surface area contributed by atoms with E-state index >= 15 is 0 Å². The Kier molecular flexibility index (Phi) is 8.68. The third kappa shape index (κ3) is 6.91. The standard InChI is InChI=1S/C23H25Cl2N3O5/c1-32-22(30)16-9-17(23(31)33-2)11-19(10-16)26-21(29)14-28-7-5-27(6-8-28)13-15-3-4-18(24)12-20(15)25/h3-4,9-12H,5-8,13-14H2,1-2H3,(H,26,29). The lowest BCUT2D eigenvalue weighted by Crippen LogP contribution is -2.48.